The van der Waals surface area contributed by atoms with Crippen LogP contribution < -0.4 is 5.73 Å². The highest BCUT2D eigenvalue weighted by Crippen LogP contribution is 2.15. The Hall–Kier alpha value is -2.37. The van der Waals surface area contributed by atoms with Crippen LogP contribution in [0.3, 0.4) is 0 Å². The predicted molar refractivity (Wildman–Crippen MR) is 80.4 cm³/mol. The largest absolute Gasteiger partial charge is 0.462 e. The van der Waals surface area contributed by atoms with Crippen LogP contribution >= 0.6 is 0 Å². The van der Waals surface area contributed by atoms with Crippen molar-refractivity contribution in [1.82, 2.24) is 14.5 Å². The van der Waals surface area contributed by atoms with Crippen molar-refractivity contribution in [3.8, 4) is 0 Å². The lowest BCUT2D eigenvalue weighted by molar-refractivity contribution is -0.137. The summed E-state index contributed by atoms with van der Waals surface area (Å²) in [5.74, 6) is 0.585. The number of carbonyl (C=O) groups is 1. The highest BCUT2D eigenvalue weighted by molar-refractivity contribution is 5.82. The molecule has 2 N–H and O–H groups in total. The van der Waals surface area contributed by atoms with Crippen molar-refractivity contribution in [1.29, 1.82) is 0 Å². The van der Waals surface area contributed by atoms with Crippen molar-refractivity contribution in [2.75, 3.05) is 6.61 Å². The molecule has 0 aliphatic heterocycles. The molecule has 21 heavy (non-hydrogen) atoms. The lowest BCUT2D eigenvalue weighted by atomic mass is 10.3. The number of pyridine rings is 1. The van der Waals surface area contributed by atoms with E-state index in [0.29, 0.717) is 12.3 Å². The summed E-state index contributed by atoms with van der Waals surface area (Å²) < 4.78 is 7.22. The first-order chi connectivity index (χ1) is 10.1. The molecule has 0 bridgehead atoms. The minimum atomic E-state index is -0.384. The second-order valence-electron chi connectivity index (χ2n) is 4.94. The fraction of sp³-hybridized carbons (Fsp3) is 0.400. The first-order valence-corrected chi connectivity index (χ1v) is 6.95. The van der Waals surface area contributed by atoms with Gasteiger partial charge in [0, 0.05) is 24.5 Å². The summed E-state index contributed by atoms with van der Waals surface area (Å²) in [6.45, 7) is 4.88. The van der Waals surface area contributed by atoms with Gasteiger partial charge in [0.05, 0.1) is 18.3 Å². The van der Waals surface area contributed by atoms with Gasteiger partial charge in [-0.3, -0.25) is 4.98 Å². The number of hydrogen-bond donors (Lipinski definition) is 1. The van der Waals surface area contributed by atoms with E-state index in [-0.39, 0.29) is 5.97 Å². The third-order valence-corrected chi connectivity index (χ3v) is 3.11. The minimum absolute atomic E-state index is 0.384. The molecular formula is C15H20N4O2. The number of carbonyl (C=O) groups excluding carboxylic acids is 1. The molecule has 2 aromatic heterocycles. The summed E-state index contributed by atoms with van der Waals surface area (Å²) in [7, 11) is 0. The van der Waals surface area contributed by atoms with Crippen LogP contribution in [0.1, 0.15) is 25.6 Å². The van der Waals surface area contributed by atoms with Crippen molar-refractivity contribution >= 4 is 17.0 Å². The quantitative estimate of drug-likeness (QED) is 0.499. The molecule has 6 heteroatoms. The number of fused-ring (bicyclic) bond motifs is 1. The van der Waals surface area contributed by atoms with E-state index in [2.05, 4.69) is 14.5 Å². The van der Waals surface area contributed by atoms with Crippen LogP contribution in [-0.2, 0) is 16.1 Å². The van der Waals surface area contributed by atoms with Gasteiger partial charge in [-0.15, -0.1) is 0 Å². The number of ether oxygens (including phenoxy) is 1. The third-order valence-electron chi connectivity index (χ3n) is 3.11. The maximum Gasteiger partial charge on any atom is 0.332 e. The Kier molecular flexibility index (Phi) is 4.92. The molecule has 0 unspecified atom stereocenters. The molecule has 0 aromatic carbocycles. The molecule has 0 aliphatic carbocycles. The molecular weight excluding hydrogens is 268 g/mol. The van der Waals surface area contributed by atoms with Crippen molar-refractivity contribution < 1.29 is 9.53 Å². The maximum absolute atomic E-state index is 11.3. The van der Waals surface area contributed by atoms with E-state index in [1.54, 1.807) is 19.3 Å². The van der Waals surface area contributed by atoms with E-state index in [4.69, 9.17) is 10.5 Å². The Morgan fingerprint density at radius 2 is 2.29 bits per heavy atom. The van der Waals surface area contributed by atoms with Crippen molar-refractivity contribution in [2.45, 2.75) is 33.2 Å². The molecule has 6 nitrogen and oxygen atoms in total. The Morgan fingerprint density at radius 1 is 1.48 bits per heavy atom. The number of nitrogens with two attached hydrogens (primary N) is 1. The molecule has 2 aromatic rings. The normalized spacial score (nSPS) is 11.8. The molecule has 0 saturated heterocycles. The summed E-state index contributed by atoms with van der Waals surface area (Å²) in [6.07, 6.45) is 6.53. The number of nitrogens with zero attached hydrogens (tertiary/aromatic N) is 3. The summed E-state index contributed by atoms with van der Waals surface area (Å²) in [5.41, 5.74) is 7.85. The second kappa shape index (κ2) is 6.88. The third kappa shape index (κ3) is 4.05. The zero-order valence-electron chi connectivity index (χ0n) is 12.4. The predicted octanol–water partition coefficient (Wildman–Crippen LogP) is 1.93. The van der Waals surface area contributed by atoms with Crippen LogP contribution in [0.4, 0.5) is 0 Å². The van der Waals surface area contributed by atoms with E-state index in [1.165, 1.54) is 6.08 Å². The van der Waals surface area contributed by atoms with Crippen molar-refractivity contribution in [3.05, 3.63) is 36.1 Å². The monoisotopic (exact) mass is 288 g/mol. The molecule has 0 radical (unpaired) electrons. The highest BCUT2D eigenvalue weighted by atomic mass is 16.5. The molecule has 0 amide bonds. The molecule has 2 heterocycles. The van der Waals surface area contributed by atoms with Crippen LogP contribution in [0, 0.1) is 6.92 Å². The zero-order valence-corrected chi connectivity index (χ0v) is 12.4. The van der Waals surface area contributed by atoms with E-state index in [0.717, 1.165) is 36.2 Å². The van der Waals surface area contributed by atoms with Gasteiger partial charge in [-0.1, -0.05) is 0 Å². The van der Waals surface area contributed by atoms with E-state index < -0.39 is 0 Å². The van der Waals surface area contributed by atoms with Crippen LogP contribution in [0.25, 0.3) is 11.0 Å². The van der Waals surface area contributed by atoms with Gasteiger partial charge in [-0.25, -0.2) is 9.78 Å². The van der Waals surface area contributed by atoms with Gasteiger partial charge >= 0.3 is 5.97 Å². The van der Waals surface area contributed by atoms with E-state index in [1.807, 2.05) is 13.0 Å². The molecule has 0 atom stereocenters. The van der Waals surface area contributed by atoms with Gasteiger partial charge in [0.25, 0.3) is 0 Å². The van der Waals surface area contributed by atoms with Crippen molar-refractivity contribution in [2.24, 2.45) is 5.73 Å². The van der Waals surface area contributed by atoms with Gasteiger partial charge < -0.3 is 15.0 Å². The second-order valence-corrected chi connectivity index (χ2v) is 4.94. The number of unbranched alkanes of at least 4 members (excludes halogenated alkanes) is 1. The summed E-state index contributed by atoms with van der Waals surface area (Å²) >= 11 is 0. The lowest BCUT2D eigenvalue weighted by Crippen LogP contribution is -2.07. The highest BCUT2D eigenvalue weighted by Gasteiger charge is 2.06. The number of imidazole rings is 1. The van der Waals surface area contributed by atoms with Gasteiger partial charge in [0.1, 0.15) is 11.3 Å². The fourth-order valence-corrected chi connectivity index (χ4v) is 2.16. The lowest BCUT2D eigenvalue weighted by Gasteiger charge is -2.07. The first-order valence-electron chi connectivity index (χ1n) is 6.95. The Morgan fingerprint density at radius 3 is 3.05 bits per heavy atom. The van der Waals surface area contributed by atoms with Crippen LogP contribution in [0.15, 0.2) is 30.2 Å². The summed E-state index contributed by atoms with van der Waals surface area (Å²) in [4.78, 5) is 19.8. The van der Waals surface area contributed by atoms with E-state index >= 15 is 0 Å². The molecule has 112 valence electrons. The average Bonchev–Trinajstić information content (AvgIpc) is 2.74. The van der Waals surface area contributed by atoms with Crippen molar-refractivity contribution in [3.63, 3.8) is 0 Å². The number of aromatic nitrogens is 3. The van der Waals surface area contributed by atoms with Gasteiger partial charge in [-0.05, 0) is 32.8 Å². The van der Waals surface area contributed by atoms with Crippen LogP contribution in [0.5, 0.6) is 0 Å². The zero-order chi connectivity index (χ0) is 15.2. The van der Waals surface area contributed by atoms with Crippen LogP contribution in [-0.4, -0.2) is 27.1 Å². The first kappa shape index (κ1) is 15.0. The van der Waals surface area contributed by atoms with E-state index in [9.17, 15) is 4.79 Å². The van der Waals surface area contributed by atoms with Gasteiger partial charge in [0.15, 0.2) is 0 Å². The number of rotatable bonds is 6. The number of allylic oxidation sites excluding steroid dienone is 1. The summed E-state index contributed by atoms with van der Waals surface area (Å²) in [6, 6.07) is 1.96. The fourth-order valence-electron chi connectivity index (χ4n) is 2.16. The Labute approximate surface area is 123 Å². The SMILES string of the molecule is CC(N)=CC(=O)OCCCCn1c(C)nc2cnccc21. The molecule has 2 rings (SSSR count). The Balaban J connectivity index is 1.82. The molecule has 0 fully saturated rings. The summed E-state index contributed by atoms with van der Waals surface area (Å²) in [5, 5.41) is 0. The van der Waals surface area contributed by atoms with Crippen LogP contribution in [0.2, 0.25) is 0 Å². The van der Waals surface area contributed by atoms with Gasteiger partial charge in [0.2, 0.25) is 0 Å². The maximum atomic E-state index is 11.3. The molecule has 0 saturated carbocycles. The molecule has 0 spiro atoms. The minimum Gasteiger partial charge on any atom is -0.462 e. The average molecular weight is 288 g/mol. The smallest absolute Gasteiger partial charge is 0.332 e. The number of esters is 1. The molecule has 0 aliphatic rings. The van der Waals surface area contributed by atoms with Gasteiger partial charge in [-0.2, -0.15) is 0 Å². The number of hydrogen-bond acceptors (Lipinski definition) is 5. The Bertz CT molecular complexity index is 657. The standard InChI is InChI=1S/C15H20N4O2/c1-11(16)9-15(20)21-8-4-3-7-19-12(2)18-13-10-17-6-5-14(13)19/h5-6,9-10H,3-4,7-8,16H2,1-2H3. The number of aryl methyl sites for hydroxylation is 2. The topological polar surface area (TPSA) is 83.0 Å².